The molecule has 1 aromatic carbocycles. The number of aliphatic hydroxyl groups is 1. The van der Waals surface area contributed by atoms with E-state index in [9.17, 15) is 23.9 Å². The van der Waals surface area contributed by atoms with Crippen LogP contribution in [0.2, 0.25) is 5.02 Å². The molecular formula is C17H18ClFN2O6. The molecular weight excluding hydrogens is 383 g/mol. The van der Waals surface area contributed by atoms with Gasteiger partial charge in [0.25, 0.3) is 0 Å². The normalized spacial score (nSPS) is 29.9. The third-order valence-corrected chi connectivity index (χ3v) is 5.69. The summed E-state index contributed by atoms with van der Waals surface area (Å²) >= 11 is 6.26. The number of fused-ring (bicyclic) bond motifs is 1. The molecule has 3 rings (SSSR count). The molecule has 2 amide bonds. The van der Waals surface area contributed by atoms with Gasteiger partial charge >= 0.3 is 5.97 Å². The molecule has 27 heavy (non-hydrogen) atoms. The first kappa shape index (κ1) is 19.5. The molecule has 0 radical (unpaired) electrons. The van der Waals surface area contributed by atoms with E-state index >= 15 is 0 Å². The molecule has 8 nitrogen and oxygen atoms in total. The third-order valence-electron chi connectivity index (χ3n) is 5.30. The van der Waals surface area contributed by atoms with Gasteiger partial charge in [0.05, 0.1) is 43.7 Å². The fourth-order valence-corrected chi connectivity index (χ4v) is 4.31. The molecule has 146 valence electrons. The zero-order valence-corrected chi connectivity index (χ0v) is 15.5. The van der Waals surface area contributed by atoms with Crippen molar-refractivity contribution in [1.29, 1.82) is 0 Å². The van der Waals surface area contributed by atoms with Crippen molar-refractivity contribution in [2.24, 2.45) is 11.8 Å². The molecule has 2 N–H and O–H groups in total. The van der Waals surface area contributed by atoms with Gasteiger partial charge in [-0.1, -0.05) is 11.6 Å². The first-order valence-electron chi connectivity index (χ1n) is 8.05. The van der Waals surface area contributed by atoms with Crippen molar-refractivity contribution >= 4 is 29.4 Å². The number of amides is 2. The number of carbonyl (C=O) groups is 3. The molecule has 2 aliphatic heterocycles. The SMILES string of the molecule is COC(=O)[C@@]1(CO)N[C@@H](c2c(F)ccc(OC)c2Cl)[C@H]2C(=O)N(C)C(=O)[C@H]21. The van der Waals surface area contributed by atoms with E-state index in [4.69, 9.17) is 21.1 Å². The number of aliphatic hydroxyl groups excluding tert-OH is 1. The molecule has 0 saturated carbocycles. The number of carbonyl (C=O) groups excluding carboxylic acids is 3. The van der Waals surface area contributed by atoms with Crippen molar-refractivity contribution in [3.8, 4) is 5.75 Å². The number of hydrogen-bond acceptors (Lipinski definition) is 7. The second-order valence-corrected chi connectivity index (χ2v) is 6.84. The minimum absolute atomic E-state index is 0.0952. The van der Waals surface area contributed by atoms with E-state index < -0.39 is 53.6 Å². The van der Waals surface area contributed by atoms with Crippen LogP contribution in [0.1, 0.15) is 11.6 Å². The Morgan fingerprint density at radius 2 is 2.04 bits per heavy atom. The van der Waals surface area contributed by atoms with Crippen molar-refractivity contribution < 1.29 is 33.4 Å². The Hall–Kier alpha value is -2.23. The predicted molar refractivity (Wildman–Crippen MR) is 90.4 cm³/mol. The van der Waals surface area contributed by atoms with E-state index in [1.165, 1.54) is 20.2 Å². The Morgan fingerprint density at radius 3 is 2.59 bits per heavy atom. The zero-order valence-electron chi connectivity index (χ0n) is 14.8. The minimum atomic E-state index is -1.90. The molecule has 10 heteroatoms. The lowest BCUT2D eigenvalue weighted by Crippen LogP contribution is -2.58. The lowest BCUT2D eigenvalue weighted by Gasteiger charge is -2.30. The zero-order chi connectivity index (χ0) is 20.1. The fraction of sp³-hybridized carbons (Fsp3) is 0.471. The van der Waals surface area contributed by atoms with Gasteiger partial charge in [-0.05, 0) is 12.1 Å². The number of imide groups is 1. The molecule has 2 aliphatic rings. The highest BCUT2D eigenvalue weighted by Crippen LogP contribution is 2.51. The van der Waals surface area contributed by atoms with Crippen LogP contribution in [0.15, 0.2) is 12.1 Å². The van der Waals surface area contributed by atoms with Crippen LogP contribution in [-0.2, 0) is 19.1 Å². The summed E-state index contributed by atoms with van der Waals surface area (Å²) in [7, 11) is 3.70. The summed E-state index contributed by atoms with van der Waals surface area (Å²) in [5.74, 6) is -5.20. The highest BCUT2D eigenvalue weighted by molar-refractivity contribution is 6.33. The number of hydrogen-bond donors (Lipinski definition) is 2. The maximum Gasteiger partial charge on any atom is 0.329 e. The largest absolute Gasteiger partial charge is 0.495 e. The lowest BCUT2D eigenvalue weighted by molar-refractivity contribution is -0.156. The number of halogens is 2. The molecule has 0 spiro atoms. The molecule has 0 aliphatic carbocycles. The Morgan fingerprint density at radius 1 is 1.37 bits per heavy atom. The quantitative estimate of drug-likeness (QED) is 0.552. The van der Waals surface area contributed by atoms with Crippen LogP contribution in [0.5, 0.6) is 5.75 Å². The van der Waals surface area contributed by atoms with Gasteiger partial charge in [0, 0.05) is 12.6 Å². The van der Waals surface area contributed by atoms with Crippen molar-refractivity contribution in [1.82, 2.24) is 10.2 Å². The topological polar surface area (TPSA) is 105 Å². The highest BCUT2D eigenvalue weighted by Gasteiger charge is 2.68. The monoisotopic (exact) mass is 400 g/mol. The van der Waals surface area contributed by atoms with Gasteiger partial charge in [-0.15, -0.1) is 0 Å². The molecule has 0 aromatic heterocycles. The summed E-state index contributed by atoms with van der Waals surface area (Å²) in [4.78, 5) is 38.7. The van der Waals surface area contributed by atoms with Crippen molar-refractivity contribution in [2.75, 3.05) is 27.9 Å². The molecule has 2 heterocycles. The van der Waals surface area contributed by atoms with E-state index in [-0.39, 0.29) is 16.3 Å². The summed E-state index contributed by atoms with van der Waals surface area (Å²) in [6.45, 7) is -0.826. The van der Waals surface area contributed by atoms with Gasteiger partial charge in [-0.25, -0.2) is 9.18 Å². The van der Waals surface area contributed by atoms with Crippen LogP contribution in [0, 0.1) is 17.7 Å². The number of esters is 1. The Labute approximate surface area is 159 Å². The van der Waals surface area contributed by atoms with Gasteiger partial charge in [0.15, 0.2) is 5.54 Å². The van der Waals surface area contributed by atoms with Crippen molar-refractivity contribution in [3.63, 3.8) is 0 Å². The van der Waals surface area contributed by atoms with E-state index in [2.05, 4.69) is 5.32 Å². The van der Waals surface area contributed by atoms with Crippen LogP contribution in [0.25, 0.3) is 0 Å². The first-order valence-corrected chi connectivity index (χ1v) is 8.43. The Kier molecular flexibility index (Phi) is 4.87. The maximum atomic E-state index is 14.7. The summed E-state index contributed by atoms with van der Waals surface area (Å²) < 4.78 is 24.5. The molecule has 4 atom stereocenters. The van der Waals surface area contributed by atoms with Gasteiger partial charge < -0.3 is 14.6 Å². The summed E-state index contributed by atoms with van der Waals surface area (Å²) in [5, 5.41) is 12.6. The number of methoxy groups -OCH3 is 2. The van der Waals surface area contributed by atoms with E-state index in [0.29, 0.717) is 0 Å². The lowest BCUT2D eigenvalue weighted by atomic mass is 9.79. The minimum Gasteiger partial charge on any atom is -0.495 e. The Bertz CT molecular complexity index is 834. The molecule has 0 unspecified atom stereocenters. The third kappa shape index (κ3) is 2.53. The maximum absolute atomic E-state index is 14.7. The summed E-state index contributed by atoms with van der Waals surface area (Å²) in [6.07, 6.45) is 0. The average Bonchev–Trinajstić information content (AvgIpc) is 3.12. The average molecular weight is 401 g/mol. The second-order valence-electron chi connectivity index (χ2n) is 6.46. The van der Waals surface area contributed by atoms with E-state index in [1.807, 2.05) is 0 Å². The summed E-state index contributed by atoms with van der Waals surface area (Å²) in [5.41, 5.74) is -2.03. The van der Waals surface area contributed by atoms with Gasteiger partial charge in [0.2, 0.25) is 11.8 Å². The van der Waals surface area contributed by atoms with Gasteiger partial charge in [0.1, 0.15) is 11.6 Å². The highest BCUT2D eigenvalue weighted by atomic mass is 35.5. The van der Waals surface area contributed by atoms with E-state index in [0.717, 1.165) is 18.1 Å². The number of benzene rings is 1. The molecule has 1 aromatic rings. The van der Waals surface area contributed by atoms with E-state index in [1.54, 1.807) is 0 Å². The number of ether oxygens (including phenoxy) is 2. The Balaban J connectivity index is 2.23. The predicted octanol–water partition coefficient (Wildman–Crippen LogP) is 0.267. The second kappa shape index (κ2) is 6.74. The number of rotatable bonds is 4. The summed E-state index contributed by atoms with van der Waals surface area (Å²) in [6, 6.07) is 1.28. The molecule has 2 fully saturated rings. The van der Waals surface area contributed by atoms with Crippen molar-refractivity contribution in [2.45, 2.75) is 11.6 Å². The fourth-order valence-electron chi connectivity index (χ4n) is 3.97. The molecule has 2 saturated heterocycles. The van der Waals surface area contributed by atoms with Crippen LogP contribution in [0.4, 0.5) is 4.39 Å². The van der Waals surface area contributed by atoms with Crippen LogP contribution < -0.4 is 10.1 Å². The first-order chi connectivity index (χ1) is 12.7. The number of nitrogens with one attached hydrogen (secondary N) is 1. The van der Waals surface area contributed by atoms with Crippen molar-refractivity contribution in [3.05, 3.63) is 28.5 Å². The van der Waals surface area contributed by atoms with Crippen LogP contribution >= 0.6 is 11.6 Å². The van der Waals surface area contributed by atoms with Gasteiger partial charge in [-0.2, -0.15) is 0 Å². The number of nitrogens with zero attached hydrogens (tertiary/aromatic N) is 1. The van der Waals surface area contributed by atoms with Gasteiger partial charge in [-0.3, -0.25) is 19.8 Å². The number of likely N-dealkylation sites (tertiary alicyclic amines) is 1. The molecule has 0 bridgehead atoms. The van der Waals surface area contributed by atoms with Crippen LogP contribution in [0.3, 0.4) is 0 Å². The van der Waals surface area contributed by atoms with Crippen LogP contribution in [-0.4, -0.2) is 61.2 Å². The standard InChI is InChI=1S/C17H18ClFN2O6/c1-21-14(23)10-11(15(21)24)17(6-22,16(25)27-3)20-13(10)9-7(19)4-5-8(26-2)12(9)18/h4-5,10-11,13,20,22H,6H2,1-3H3/t10-,11-,13-,17-/m0/s1. The smallest absolute Gasteiger partial charge is 0.329 e.